The minimum atomic E-state index is -1.25. The molecule has 1 aromatic rings. The first-order chi connectivity index (χ1) is 8.49. The summed E-state index contributed by atoms with van der Waals surface area (Å²) in [5.74, 6) is -1.59. The number of amides is 1. The van der Waals surface area contributed by atoms with Gasteiger partial charge in [0.2, 0.25) is 5.91 Å². The van der Waals surface area contributed by atoms with Gasteiger partial charge in [0, 0.05) is 12.0 Å². The van der Waals surface area contributed by atoms with Gasteiger partial charge in [0.15, 0.2) is 0 Å². The van der Waals surface area contributed by atoms with Gasteiger partial charge >= 0.3 is 5.97 Å². The Balaban J connectivity index is 2.30. The maximum atomic E-state index is 11.5. The highest BCUT2D eigenvalue weighted by Crippen LogP contribution is 2.32. The quantitative estimate of drug-likeness (QED) is 0.623. The molecule has 1 amide bonds. The summed E-state index contributed by atoms with van der Waals surface area (Å²) in [7, 11) is 0. The fourth-order valence-corrected chi connectivity index (χ4v) is 1.50. The zero-order chi connectivity index (χ0) is 13.3. The average Bonchev–Trinajstić information content (AvgIpc) is 3.12. The lowest BCUT2D eigenvalue weighted by Gasteiger charge is -2.05. The standard InChI is InChI=1S/C11H10N2O5/c14-10(6-1-2-6)12-8-4-3-7(11(15)16)5-9(8)13(17)18/h3-6H,1-2H2,(H,12,14)(H,15,16). The van der Waals surface area contributed by atoms with Crippen molar-refractivity contribution in [1.29, 1.82) is 0 Å². The van der Waals surface area contributed by atoms with E-state index in [0.717, 1.165) is 18.9 Å². The number of anilines is 1. The van der Waals surface area contributed by atoms with Gasteiger partial charge in [0.05, 0.1) is 10.5 Å². The molecule has 7 nitrogen and oxygen atoms in total. The van der Waals surface area contributed by atoms with Gasteiger partial charge < -0.3 is 10.4 Å². The molecule has 1 saturated carbocycles. The first-order valence-electron chi connectivity index (χ1n) is 5.31. The van der Waals surface area contributed by atoms with Crippen molar-refractivity contribution < 1.29 is 19.6 Å². The van der Waals surface area contributed by atoms with Gasteiger partial charge in [-0.3, -0.25) is 14.9 Å². The van der Waals surface area contributed by atoms with E-state index in [1.807, 2.05) is 0 Å². The van der Waals surface area contributed by atoms with Crippen molar-refractivity contribution in [2.45, 2.75) is 12.8 Å². The molecule has 2 N–H and O–H groups in total. The topological polar surface area (TPSA) is 110 Å². The third kappa shape index (κ3) is 2.45. The minimum absolute atomic E-state index is 0.0295. The lowest BCUT2D eigenvalue weighted by Crippen LogP contribution is -2.14. The third-order valence-electron chi connectivity index (χ3n) is 2.65. The summed E-state index contributed by atoms with van der Waals surface area (Å²) < 4.78 is 0. The van der Waals surface area contributed by atoms with Crippen LogP contribution in [0.1, 0.15) is 23.2 Å². The van der Waals surface area contributed by atoms with E-state index in [1.165, 1.54) is 12.1 Å². The van der Waals surface area contributed by atoms with Crippen molar-refractivity contribution in [2.75, 3.05) is 5.32 Å². The van der Waals surface area contributed by atoms with E-state index in [2.05, 4.69) is 5.32 Å². The monoisotopic (exact) mass is 250 g/mol. The molecule has 0 atom stereocenters. The van der Waals surface area contributed by atoms with Gasteiger partial charge in [0.25, 0.3) is 5.69 Å². The molecule has 0 bridgehead atoms. The highest BCUT2D eigenvalue weighted by molar-refractivity contribution is 5.97. The van der Waals surface area contributed by atoms with E-state index >= 15 is 0 Å². The molecular formula is C11H10N2O5. The molecule has 1 aliphatic carbocycles. The van der Waals surface area contributed by atoms with Crippen molar-refractivity contribution >= 4 is 23.3 Å². The SMILES string of the molecule is O=C(O)c1ccc(NC(=O)C2CC2)c([N+](=O)[O-])c1. The number of nitro benzene ring substituents is 1. The Hall–Kier alpha value is -2.44. The molecule has 18 heavy (non-hydrogen) atoms. The molecule has 0 radical (unpaired) electrons. The molecule has 1 aromatic carbocycles. The van der Waals surface area contributed by atoms with Crippen LogP contribution in [0.25, 0.3) is 0 Å². The molecule has 1 fully saturated rings. The zero-order valence-electron chi connectivity index (χ0n) is 9.25. The number of carbonyl (C=O) groups is 2. The number of rotatable bonds is 4. The number of nitrogens with one attached hydrogen (secondary N) is 1. The van der Waals surface area contributed by atoms with E-state index in [0.29, 0.717) is 0 Å². The van der Waals surface area contributed by atoms with Gasteiger partial charge in [-0.2, -0.15) is 0 Å². The predicted molar refractivity (Wildman–Crippen MR) is 61.4 cm³/mol. The predicted octanol–water partition coefficient (Wildman–Crippen LogP) is 1.64. The summed E-state index contributed by atoms with van der Waals surface area (Å²) in [6.07, 6.45) is 1.57. The number of hydrogen-bond acceptors (Lipinski definition) is 4. The Bertz CT molecular complexity index is 536. The summed E-state index contributed by atoms with van der Waals surface area (Å²) >= 11 is 0. The summed E-state index contributed by atoms with van der Waals surface area (Å²) in [6, 6.07) is 3.39. The van der Waals surface area contributed by atoms with Gasteiger partial charge in [-0.05, 0) is 25.0 Å². The maximum absolute atomic E-state index is 11.5. The van der Waals surface area contributed by atoms with Crippen molar-refractivity contribution in [2.24, 2.45) is 5.92 Å². The molecule has 0 unspecified atom stereocenters. The van der Waals surface area contributed by atoms with Crippen LogP contribution in [0.2, 0.25) is 0 Å². The van der Waals surface area contributed by atoms with Crippen LogP contribution in [0.3, 0.4) is 0 Å². The molecule has 0 saturated heterocycles. The van der Waals surface area contributed by atoms with Crippen LogP contribution in [0.4, 0.5) is 11.4 Å². The summed E-state index contributed by atoms with van der Waals surface area (Å²) in [6.45, 7) is 0. The van der Waals surface area contributed by atoms with Gasteiger partial charge in [-0.1, -0.05) is 0 Å². The number of carboxylic acids is 1. The fraction of sp³-hybridized carbons (Fsp3) is 0.273. The number of carbonyl (C=O) groups excluding carboxylic acids is 1. The van der Waals surface area contributed by atoms with Crippen LogP contribution in [0, 0.1) is 16.0 Å². The summed E-state index contributed by atoms with van der Waals surface area (Å²) in [5, 5.41) is 22.0. The molecular weight excluding hydrogens is 240 g/mol. The minimum Gasteiger partial charge on any atom is -0.478 e. The van der Waals surface area contributed by atoms with Crippen LogP contribution in [0.5, 0.6) is 0 Å². The van der Waals surface area contributed by atoms with E-state index in [1.54, 1.807) is 0 Å². The van der Waals surface area contributed by atoms with E-state index < -0.39 is 16.6 Å². The number of benzene rings is 1. The Morgan fingerprint density at radius 2 is 2.06 bits per heavy atom. The third-order valence-corrected chi connectivity index (χ3v) is 2.65. The second kappa shape index (κ2) is 4.44. The fourth-order valence-electron chi connectivity index (χ4n) is 1.50. The normalized spacial score (nSPS) is 14.0. The number of aromatic carboxylic acids is 1. The zero-order valence-corrected chi connectivity index (χ0v) is 9.25. The second-order valence-corrected chi connectivity index (χ2v) is 4.06. The van der Waals surface area contributed by atoms with Crippen LogP contribution < -0.4 is 5.32 Å². The first kappa shape index (κ1) is 12.0. The van der Waals surface area contributed by atoms with Crippen LogP contribution in [-0.2, 0) is 4.79 Å². The Kier molecular flexibility index (Phi) is 2.97. The molecule has 0 aromatic heterocycles. The van der Waals surface area contributed by atoms with Crippen molar-refractivity contribution in [3.05, 3.63) is 33.9 Å². The van der Waals surface area contributed by atoms with Gasteiger partial charge in [-0.25, -0.2) is 4.79 Å². The Labute approximate surface area is 102 Å². The van der Waals surface area contributed by atoms with Crippen LogP contribution >= 0.6 is 0 Å². The highest BCUT2D eigenvalue weighted by atomic mass is 16.6. The van der Waals surface area contributed by atoms with Crippen LogP contribution in [-0.4, -0.2) is 21.9 Å². The second-order valence-electron chi connectivity index (χ2n) is 4.06. The first-order valence-corrected chi connectivity index (χ1v) is 5.31. The van der Waals surface area contributed by atoms with E-state index in [9.17, 15) is 19.7 Å². The summed E-state index contributed by atoms with van der Waals surface area (Å²) in [5.41, 5.74) is -0.572. The van der Waals surface area contributed by atoms with Crippen molar-refractivity contribution in [3.63, 3.8) is 0 Å². The Morgan fingerprint density at radius 1 is 1.39 bits per heavy atom. The lowest BCUT2D eigenvalue weighted by atomic mass is 10.1. The molecule has 0 spiro atoms. The van der Waals surface area contributed by atoms with Gasteiger partial charge in [0.1, 0.15) is 5.69 Å². The maximum Gasteiger partial charge on any atom is 0.335 e. The smallest absolute Gasteiger partial charge is 0.335 e. The molecule has 1 aliphatic rings. The largest absolute Gasteiger partial charge is 0.478 e. The molecule has 94 valence electrons. The number of hydrogen-bond donors (Lipinski definition) is 2. The lowest BCUT2D eigenvalue weighted by molar-refractivity contribution is -0.384. The highest BCUT2D eigenvalue weighted by Gasteiger charge is 2.31. The molecule has 0 heterocycles. The van der Waals surface area contributed by atoms with Crippen molar-refractivity contribution in [1.82, 2.24) is 0 Å². The molecule has 2 rings (SSSR count). The van der Waals surface area contributed by atoms with Gasteiger partial charge in [-0.15, -0.1) is 0 Å². The number of nitro groups is 1. The van der Waals surface area contributed by atoms with E-state index in [-0.39, 0.29) is 23.1 Å². The van der Waals surface area contributed by atoms with E-state index in [4.69, 9.17) is 5.11 Å². The number of carboxylic acid groups (broad SMARTS) is 1. The Morgan fingerprint density at radius 3 is 2.56 bits per heavy atom. The molecule has 7 heteroatoms. The van der Waals surface area contributed by atoms with Crippen molar-refractivity contribution in [3.8, 4) is 0 Å². The average molecular weight is 250 g/mol. The summed E-state index contributed by atoms with van der Waals surface area (Å²) in [4.78, 5) is 32.3. The van der Waals surface area contributed by atoms with Crippen LogP contribution in [0.15, 0.2) is 18.2 Å². The molecule has 0 aliphatic heterocycles. The number of nitrogens with zero attached hydrogens (tertiary/aromatic N) is 1.